The number of hydrogen-bond acceptors (Lipinski definition) is 3. The van der Waals surface area contributed by atoms with Crippen LogP contribution >= 0.6 is 11.6 Å². The molecule has 0 spiro atoms. The van der Waals surface area contributed by atoms with E-state index in [9.17, 15) is 0 Å². The Morgan fingerprint density at radius 1 is 1.26 bits per heavy atom. The molecule has 1 aromatic carbocycles. The molecular weight excluding hydrogens is 260 g/mol. The minimum Gasteiger partial charge on any atom is -0.487 e. The third-order valence-electron chi connectivity index (χ3n) is 2.68. The minimum absolute atomic E-state index is 0.113. The maximum Gasteiger partial charge on any atom is 0.138 e. The Bertz CT molecular complexity index is 526. The van der Waals surface area contributed by atoms with Crippen LogP contribution in [0.5, 0.6) is 5.75 Å². The molecule has 0 amide bonds. The lowest BCUT2D eigenvalue weighted by molar-refractivity contribution is 0.305. The molecule has 1 heterocycles. The lowest BCUT2D eigenvalue weighted by Gasteiger charge is -2.08. The van der Waals surface area contributed by atoms with Crippen molar-refractivity contribution in [2.45, 2.75) is 26.0 Å². The minimum atomic E-state index is 0.113. The predicted octanol–water partition coefficient (Wildman–Crippen LogP) is 3.20. The fourth-order valence-electron chi connectivity index (χ4n) is 1.72. The van der Waals surface area contributed by atoms with Gasteiger partial charge >= 0.3 is 0 Å². The summed E-state index contributed by atoms with van der Waals surface area (Å²) in [5, 5.41) is 0.712. The standard InChI is InChI=1S/C15H17ClN2O/c1-11(17)8-13-6-7-14(9-18-13)19-10-12-4-2-3-5-15(12)16/h2-7,9,11H,8,10,17H2,1H3. The van der Waals surface area contributed by atoms with Crippen molar-refractivity contribution >= 4 is 11.6 Å². The van der Waals surface area contributed by atoms with Crippen LogP contribution in [0.25, 0.3) is 0 Å². The molecule has 2 N–H and O–H groups in total. The number of aromatic nitrogens is 1. The average Bonchev–Trinajstić information content (AvgIpc) is 2.39. The van der Waals surface area contributed by atoms with E-state index in [0.29, 0.717) is 11.6 Å². The van der Waals surface area contributed by atoms with Gasteiger partial charge in [0.25, 0.3) is 0 Å². The normalized spacial score (nSPS) is 12.2. The van der Waals surface area contributed by atoms with Gasteiger partial charge in [-0.05, 0) is 25.1 Å². The highest BCUT2D eigenvalue weighted by molar-refractivity contribution is 6.31. The molecule has 3 nitrogen and oxygen atoms in total. The van der Waals surface area contributed by atoms with Crippen LogP contribution in [0.2, 0.25) is 5.02 Å². The van der Waals surface area contributed by atoms with Gasteiger partial charge in [-0.2, -0.15) is 0 Å². The van der Waals surface area contributed by atoms with Crippen molar-refractivity contribution in [3.05, 3.63) is 58.9 Å². The Morgan fingerprint density at radius 2 is 2.05 bits per heavy atom. The highest BCUT2D eigenvalue weighted by Gasteiger charge is 2.02. The molecule has 0 aliphatic rings. The molecule has 4 heteroatoms. The summed E-state index contributed by atoms with van der Waals surface area (Å²) >= 11 is 6.06. The van der Waals surface area contributed by atoms with Crippen LogP contribution in [0.3, 0.4) is 0 Å². The maximum atomic E-state index is 6.06. The van der Waals surface area contributed by atoms with Gasteiger partial charge in [-0.15, -0.1) is 0 Å². The van der Waals surface area contributed by atoms with E-state index in [1.54, 1.807) is 6.20 Å². The van der Waals surface area contributed by atoms with Crippen molar-refractivity contribution in [1.82, 2.24) is 4.98 Å². The van der Waals surface area contributed by atoms with Crippen molar-refractivity contribution in [3.8, 4) is 5.75 Å². The average molecular weight is 277 g/mol. The van der Waals surface area contributed by atoms with Gasteiger partial charge in [0, 0.05) is 28.7 Å². The monoisotopic (exact) mass is 276 g/mol. The van der Waals surface area contributed by atoms with Gasteiger partial charge in [0.2, 0.25) is 0 Å². The lowest BCUT2D eigenvalue weighted by Crippen LogP contribution is -2.18. The van der Waals surface area contributed by atoms with E-state index in [2.05, 4.69) is 4.98 Å². The molecule has 1 atom stereocenters. The summed E-state index contributed by atoms with van der Waals surface area (Å²) in [7, 11) is 0. The van der Waals surface area contributed by atoms with Crippen molar-refractivity contribution in [2.24, 2.45) is 5.73 Å². The van der Waals surface area contributed by atoms with Crippen LogP contribution in [0.15, 0.2) is 42.6 Å². The van der Waals surface area contributed by atoms with E-state index in [1.165, 1.54) is 0 Å². The summed E-state index contributed by atoms with van der Waals surface area (Å²) in [6.45, 7) is 2.40. The Balaban J connectivity index is 1.95. The highest BCUT2D eigenvalue weighted by atomic mass is 35.5. The van der Waals surface area contributed by atoms with E-state index in [4.69, 9.17) is 22.1 Å². The smallest absolute Gasteiger partial charge is 0.138 e. The van der Waals surface area contributed by atoms with Crippen molar-refractivity contribution in [3.63, 3.8) is 0 Å². The fourth-order valence-corrected chi connectivity index (χ4v) is 1.91. The largest absolute Gasteiger partial charge is 0.487 e. The number of ether oxygens (including phenoxy) is 1. The van der Waals surface area contributed by atoms with Gasteiger partial charge in [0.15, 0.2) is 0 Å². The molecule has 19 heavy (non-hydrogen) atoms. The maximum absolute atomic E-state index is 6.06. The van der Waals surface area contributed by atoms with Gasteiger partial charge in [-0.3, -0.25) is 4.98 Å². The summed E-state index contributed by atoms with van der Waals surface area (Å²) in [6, 6.07) is 11.6. The van der Waals surface area contributed by atoms with E-state index >= 15 is 0 Å². The Hall–Kier alpha value is -1.58. The van der Waals surface area contributed by atoms with Crippen molar-refractivity contribution in [2.75, 3.05) is 0 Å². The molecule has 1 aromatic heterocycles. The van der Waals surface area contributed by atoms with Crippen molar-refractivity contribution < 1.29 is 4.74 Å². The first-order valence-electron chi connectivity index (χ1n) is 6.22. The number of benzene rings is 1. The summed E-state index contributed by atoms with van der Waals surface area (Å²) < 4.78 is 5.65. The number of nitrogens with zero attached hydrogens (tertiary/aromatic N) is 1. The second kappa shape index (κ2) is 6.55. The predicted molar refractivity (Wildman–Crippen MR) is 77.4 cm³/mol. The third kappa shape index (κ3) is 4.23. The topological polar surface area (TPSA) is 48.1 Å². The van der Waals surface area contributed by atoms with Crippen LogP contribution in [0.1, 0.15) is 18.2 Å². The highest BCUT2D eigenvalue weighted by Crippen LogP contribution is 2.18. The number of nitrogens with two attached hydrogens (primary N) is 1. The molecule has 0 aliphatic heterocycles. The Labute approximate surface area is 118 Å². The lowest BCUT2D eigenvalue weighted by atomic mass is 10.2. The number of halogens is 1. The quantitative estimate of drug-likeness (QED) is 0.912. The number of pyridine rings is 1. The van der Waals surface area contributed by atoms with E-state index in [1.807, 2.05) is 43.3 Å². The molecule has 100 valence electrons. The SMILES string of the molecule is CC(N)Cc1ccc(OCc2ccccc2Cl)cn1. The summed E-state index contributed by atoms with van der Waals surface area (Å²) in [5.41, 5.74) is 7.66. The Kier molecular flexibility index (Phi) is 4.77. The number of rotatable bonds is 5. The fraction of sp³-hybridized carbons (Fsp3) is 0.267. The molecule has 0 fully saturated rings. The first-order valence-corrected chi connectivity index (χ1v) is 6.59. The van der Waals surface area contributed by atoms with Gasteiger partial charge in [-0.25, -0.2) is 0 Å². The first kappa shape index (κ1) is 13.8. The molecule has 0 bridgehead atoms. The number of hydrogen-bond donors (Lipinski definition) is 1. The van der Waals surface area contributed by atoms with Crippen molar-refractivity contribution in [1.29, 1.82) is 0 Å². The zero-order chi connectivity index (χ0) is 13.7. The van der Waals surface area contributed by atoms with E-state index < -0.39 is 0 Å². The summed E-state index contributed by atoms with van der Waals surface area (Å²) in [4.78, 5) is 4.32. The zero-order valence-corrected chi connectivity index (χ0v) is 11.6. The molecule has 0 saturated heterocycles. The molecular formula is C15H17ClN2O. The van der Waals surface area contributed by atoms with Gasteiger partial charge in [0.1, 0.15) is 12.4 Å². The van der Waals surface area contributed by atoms with Gasteiger partial charge in [0.05, 0.1) is 6.20 Å². The summed E-state index contributed by atoms with van der Waals surface area (Å²) in [6.07, 6.45) is 2.49. The molecule has 1 unspecified atom stereocenters. The molecule has 0 radical (unpaired) electrons. The molecule has 0 aliphatic carbocycles. The van der Waals surface area contributed by atoms with E-state index in [-0.39, 0.29) is 6.04 Å². The second-order valence-corrected chi connectivity index (χ2v) is 4.95. The van der Waals surface area contributed by atoms with E-state index in [0.717, 1.165) is 23.4 Å². The summed E-state index contributed by atoms with van der Waals surface area (Å²) in [5.74, 6) is 0.730. The second-order valence-electron chi connectivity index (χ2n) is 4.55. The van der Waals surface area contributed by atoms with Crippen LogP contribution in [-0.4, -0.2) is 11.0 Å². The van der Waals surface area contributed by atoms with Crippen LogP contribution in [-0.2, 0) is 13.0 Å². The molecule has 2 rings (SSSR count). The van der Waals surface area contributed by atoms with Gasteiger partial charge in [-0.1, -0.05) is 29.8 Å². The third-order valence-corrected chi connectivity index (χ3v) is 3.05. The van der Waals surface area contributed by atoms with Crippen LogP contribution in [0, 0.1) is 0 Å². The van der Waals surface area contributed by atoms with Crippen LogP contribution in [0.4, 0.5) is 0 Å². The van der Waals surface area contributed by atoms with Crippen LogP contribution < -0.4 is 10.5 Å². The first-order chi connectivity index (χ1) is 9.15. The molecule has 2 aromatic rings. The van der Waals surface area contributed by atoms with Gasteiger partial charge < -0.3 is 10.5 Å². The Morgan fingerprint density at radius 3 is 2.68 bits per heavy atom. The zero-order valence-electron chi connectivity index (χ0n) is 10.8. The molecule has 0 saturated carbocycles.